The number of carbonyl (C=O) groups excluding carboxylic acids is 1. The number of aromatic nitrogens is 3. The zero-order valence-corrected chi connectivity index (χ0v) is 15.1. The van der Waals surface area contributed by atoms with E-state index in [1.807, 2.05) is 22.6 Å². The first kappa shape index (κ1) is 17.7. The number of fused-ring (bicyclic) bond motifs is 1. The van der Waals surface area contributed by atoms with Crippen LogP contribution in [-0.2, 0) is 11.4 Å². The highest BCUT2D eigenvalue weighted by Gasteiger charge is 2.17. The van der Waals surface area contributed by atoms with E-state index in [0.717, 1.165) is 3.57 Å². The average Bonchev–Trinajstić information content (AvgIpc) is 2.96. The lowest BCUT2D eigenvalue weighted by Crippen LogP contribution is -2.27. The van der Waals surface area contributed by atoms with Crippen LogP contribution in [-0.4, -0.2) is 39.0 Å². The number of aliphatic hydroxyl groups is 1. The van der Waals surface area contributed by atoms with Gasteiger partial charge in [0.15, 0.2) is 0 Å². The molecule has 0 saturated carbocycles. The van der Waals surface area contributed by atoms with Gasteiger partial charge in [0.05, 0.1) is 37.7 Å². The molecule has 0 aliphatic carbocycles. The summed E-state index contributed by atoms with van der Waals surface area (Å²) in [5, 5.41) is 17.1. The first-order valence-electron chi connectivity index (χ1n) is 7.37. The van der Waals surface area contributed by atoms with Gasteiger partial charge in [-0.15, -0.1) is 0 Å². The number of nitrogens with zero attached hydrogens (tertiary/aromatic N) is 3. The molecular formula is C16H14FIN4O3. The number of aliphatic hydroxyl groups excluding tert-OH is 1. The number of amides is 1. The first-order chi connectivity index (χ1) is 12.1. The van der Waals surface area contributed by atoms with Crippen molar-refractivity contribution in [2.75, 3.05) is 13.2 Å². The number of hydrogen-bond acceptors (Lipinski definition) is 5. The summed E-state index contributed by atoms with van der Waals surface area (Å²) in [6, 6.07) is 6.55. The Hall–Kier alpha value is -2.11. The van der Waals surface area contributed by atoms with E-state index < -0.39 is 5.91 Å². The van der Waals surface area contributed by atoms with E-state index in [2.05, 4.69) is 15.7 Å². The Morgan fingerprint density at radius 2 is 2.12 bits per heavy atom. The third-order valence-electron chi connectivity index (χ3n) is 3.55. The summed E-state index contributed by atoms with van der Waals surface area (Å²) in [5.74, 6) is -0.853. The van der Waals surface area contributed by atoms with Crippen molar-refractivity contribution in [3.63, 3.8) is 0 Å². The summed E-state index contributed by atoms with van der Waals surface area (Å²) in [7, 11) is 0. The molecule has 0 unspecified atom stereocenters. The minimum Gasteiger partial charge on any atom is -0.394 e. The topological polar surface area (TPSA) is 89.3 Å². The summed E-state index contributed by atoms with van der Waals surface area (Å²) < 4.78 is 16.7. The lowest BCUT2D eigenvalue weighted by Gasteiger charge is -2.12. The maximum atomic E-state index is 14.2. The van der Waals surface area contributed by atoms with Crippen LogP contribution < -0.4 is 5.48 Å². The fourth-order valence-electron chi connectivity index (χ4n) is 2.41. The summed E-state index contributed by atoms with van der Waals surface area (Å²) >= 11 is 2.04. The van der Waals surface area contributed by atoms with Crippen molar-refractivity contribution in [2.45, 2.75) is 6.54 Å². The average molecular weight is 456 g/mol. The summed E-state index contributed by atoms with van der Waals surface area (Å²) in [5.41, 5.74) is 3.63. The van der Waals surface area contributed by atoms with Crippen LogP contribution in [0.4, 0.5) is 4.39 Å². The largest absolute Gasteiger partial charge is 0.394 e. The summed E-state index contributed by atoms with van der Waals surface area (Å²) in [6.45, 7) is -0.0908. The summed E-state index contributed by atoms with van der Waals surface area (Å²) in [6.07, 6.45) is 3.05. The van der Waals surface area contributed by atoms with Crippen molar-refractivity contribution in [3.05, 3.63) is 57.3 Å². The van der Waals surface area contributed by atoms with E-state index in [9.17, 15) is 9.18 Å². The van der Waals surface area contributed by atoms with E-state index in [4.69, 9.17) is 9.94 Å². The second-order valence-electron chi connectivity index (χ2n) is 5.18. The molecule has 25 heavy (non-hydrogen) atoms. The maximum Gasteiger partial charge on any atom is 0.291 e. The Bertz CT molecular complexity index is 916. The van der Waals surface area contributed by atoms with Crippen LogP contribution in [0.1, 0.15) is 16.1 Å². The van der Waals surface area contributed by atoms with Gasteiger partial charge in [0.1, 0.15) is 11.5 Å². The van der Waals surface area contributed by atoms with Gasteiger partial charge in [-0.2, -0.15) is 10.2 Å². The third-order valence-corrected chi connectivity index (χ3v) is 4.22. The Morgan fingerprint density at radius 1 is 1.32 bits per heavy atom. The molecule has 0 fully saturated rings. The lowest BCUT2D eigenvalue weighted by atomic mass is 10.2. The van der Waals surface area contributed by atoms with E-state index in [0.29, 0.717) is 16.5 Å². The standard InChI is InChI=1S/C16H14FIN4O3/c17-13-6-12(18)2-1-10(13)9-22-14(16(24)21-25-4-3-23)5-11-7-19-20-8-15(11)22/h1-2,5-8,23H,3-4,9H2,(H,21,24). The predicted molar refractivity (Wildman–Crippen MR) is 96.3 cm³/mol. The highest BCUT2D eigenvalue weighted by molar-refractivity contribution is 14.1. The Kier molecular flexibility index (Phi) is 5.56. The molecule has 0 saturated heterocycles. The minimum atomic E-state index is -0.504. The van der Waals surface area contributed by atoms with Crippen LogP contribution in [0.2, 0.25) is 0 Å². The molecule has 2 aromatic heterocycles. The second-order valence-corrected chi connectivity index (χ2v) is 6.43. The molecule has 0 radical (unpaired) electrons. The highest BCUT2D eigenvalue weighted by atomic mass is 127. The zero-order valence-electron chi connectivity index (χ0n) is 12.9. The SMILES string of the molecule is O=C(NOCCO)c1cc2cnncc2n1Cc1ccc(I)cc1F. The van der Waals surface area contributed by atoms with Crippen molar-refractivity contribution in [1.82, 2.24) is 20.2 Å². The van der Waals surface area contributed by atoms with Gasteiger partial charge >= 0.3 is 0 Å². The number of nitrogens with one attached hydrogen (secondary N) is 1. The maximum absolute atomic E-state index is 14.2. The van der Waals surface area contributed by atoms with Gasteiger partial charge in [0.25, 0.3) is 5.91 Å². The molecule has 0 spiro atoms. The number of halogens is 2. The minimum absolute atomic E-state index is 0.0270. The lowest BCUT2D eigenvalue weighted by molar-refractivity contribution is 0.0162. The molecule has 9 heteroatoms. The van der Waals surface area contributed by atoms with Crippen molar-refractivity contribution in [1.29, 1.82) is 0 Å². The van der Waals surface area contributed by atoms with Crippen LogP contribution in [0.5, 0.6) is 0 Å². The molecule has 7 nitrogen and oxygen atoms in total. The Labute approximate surface area is 155 Å². The van der Waals surface area contributed by atoms with Gasteiger partial charge in [0.2, 0.25) is 0 Å². The first-order valence-corrected chi connectivity index (χ1v) is 8.45. The zero-order chi connectivity index (χ0) is 17.8. The molecule has 1 amide bonds. The third kappa shape index (κ3) is 3.94. The van der Waals surface area contributed by atoms with Gasteiger partial charge in [-0.05, 0) is 40.8 Å². The molecule has 3 rings (SSSR count). The molecule has 3 aromatic rings. The number of hydrogen-bond donors (Lipinski definition) is 2. The fraction of sp³-hybridized carbons (Fsp3) is 0.188. The van der Waals surface area contributed by atoms with Crippen LogP contribution in [0.3, 0.4) is 0 Å². The normalized spacial score (nSPS) is 11.0. The molecule has 2 N–H and O–H groups in total. The van der Waals surface area contributed by atoms with Gasteiger partial charge < -0.3 is 9.67 Å². The fourth-order valence-corrected chi connectivity index (χ4v) is 2.86. The monoisotopic (exact) mass is 456 g/mol. The van der Waals surface area contributed by atoms with E-state index >= 15 is 0 Å². The molecule has 2 heterocycles. The molecular weight excluding hydrogens is 442 g/mol. The predicted octanol–water partition coefficient (Wildman–Crippen LogP) is 1.88. The molecule has 0 aliphatic heterocycles. The second kappa shape index (κ2) is 7.85. The van der Waals surface area contributed by atoms with Gasteiger partial charge in [-0.1, -0.05) is 6.07 Å². The van der Waals surface area contributed by atoms with Crippen molar-refractivity contribution in [3.8, 4) is 0 Å². The van der Waals surface area contributed by atoms with Crippen LogP contribution in [0.15, 0.2) is 36.7 Å². The van der Waals surface area contributed by atoms with Crippen LogP contribution in [0.25, 0.3) is 10.9 Å². The van der Waals surface area contributed by atoms with Crippen LogP contribution >= 0.6 is 22.6 Å². The van der Waals surface area contributed by atoms with Crippen LogP contribution in [0, 0.1) is 9.39 Å². The van der Waals surface area contributed by atoms with Gasteiger partial charge in [-0.25, -0.2) is 9.87 Å². The van der Waals surface area contributed by atoms with Gasteiger partial charge in [-0.3, -0.25) is 9.63 Å². The number of rotatable bonds is 6. The Balaban J connectivity index is 1.99. The molecule has 1 aromatic carbocycles. The van der Waals surface area contributed by atoms with E-state index in [-0.39, 0.29) is 31.3 Å². The van der Waals surface area contributed by atoms with Crippen molar-refractivity contribution >= 4 is 39.4 Å². The van der Waals surface area contributed by atoms with E-state index in [1.165, 1.54) is 18.5 Å². The smallest absolute Gasteiger partial charge is 0.291 e. The summed E-state index contributed by atoms with van der Waals surface area (Å²) in [4.78, 5) is 17.2. The van der Waals surface area contributed by atoms with Crippen molar-refractivity contribution in [2.24, 2.45) is 0 Å². The van der Waals surface area contributed by atoms with Crippen molar-refractivity contribution < 1.29 is 19.1 Å². The molecule has 0 bridgehead atoms. The number of hydroxylamine groups is 1. The number of carbonyl (C=O) groups is 1. The van der Waals surface area contributed by atoms with E-state index in [1.54, 1.807) is 22.8 Å². The highest BCUT2D eigenvalue weighted by Crippen LogP contribution is 2.21. The molecule has 0 aliphatic rings. The van der Waals surface area contributed by atoms with Gasteiger partial charge in [0, 0.05) is 14.5 Å². The molecule has 0 atom stereocenters. The quantitative estimate of drug-likeness (QED) is 0.336. The molecule has 130 valence electrons. The Morgan fingerprint density at radius 3 is 2.88 bits per heavy atom. The number of benzene rings is 1.